The van der Waals surface area contributed by atoms with Gasteiger partial charge in [0.15, 0.2) is 9.84 Å². The summed E-state index contributed by atoms with van der Waals surface area (Å²) in [4.78, 5) is 12.1. The van der Waals surface area contributed by atoms with Gasteiger partial charge in [-0.3, -0.25) is 9.35 Å². The molecule has 0 aromatic heterocycles. The van der Waals surface area contributed by atoms with Crippen molar-refractivity contribution in [3.8, 4) is 6.07 Å². The van der Waals surface area contributed by atoms with Crippen LogP contribution in [0.15, 0.2) is 22.1 Å². The van der Waals surface area contributed by atoms with Crippen molar-refractivity contribution in [2.24, 2.45) is 0 Å². The van der Waals surface area contributed by atoms with Crippen LogP contribution in [0.3, 0.4) is 0 Å². The van der Waals surface area contributed by atoms with Gasteiger partial charge in [-0.25, -0.2) is 8.42 Å². The molecule has 1 aliphatic heterocycles. The average molecular weight is 523 g/mol. The van der Waals surface area contributed by atoms with Crippen molar-refractivity contribution >= 4 is 37.7 Å². The highest BCUT2D eigenvalue weighted by molar-refractivity contribution is 8.03. The molecular weight excluding hydrogens is 488 g/mol. The summed E-state index contributed by atoms with van der Waals surface area (Å²) in [6.45, 7) is 1.10. The van der Waals surface area contributed by atoms with E-state index in [9.17, 15) is 26.9 Å². The van der Waals surface area contributed by atoms with E-state index < -0.39 is 25.9 Å². The molecule has 0 radical (unpaired) electrons. The lowest BCUT2D eigenvalue weighted by molar-refractivity contribution is -0.137. The average Bonchev–Trinajstić information content (AvgIpc) is 3.15. The van der Waals surface area contributed by atoms with Gasteiger partial charge in [-0.2, -0.15) is 13.7 Å². The second-order valence-electron chi connectivity index (χ2n) is 7.91. The third-order valence-corrected chi connectivity index (χ3v) is 8.73. The Hall–Kier alpha value is -1.55. The van der Waals surface area contributed by atoms with Gasteiger partial charge in [0.05, 0.1) is 16.5 Å². The van der Waals surface area contributed by atoms with Crippen molar-refractivity contribution in [2.75, 3.05) is 30.3 Å². The van der Waals surface area contributed by atoms with E-state index in [-0.39, 0.29) is 29.3 Å². The number of nitriles is 1. The lowest BCUT2D eigenvalue weighted by atomic mass is 10.1. The van der Waals surface area contributed by atoms with E-state index in [1.165, 1.54) is 17.8 Å². The first-order valence-corrected chi connectivity index (χ1v) is 15.4. The lowest BCUT2D eigenvalue weighted by Crippen LogP contribution is -2.21. The van der Waals surface area contributed by atoms with Crippen molar-refractivity contribution in [1.82, 2.24) is 4.90 Å². The van der Waals surface area contributed by atoms with E-state index in [0.717, 1.165) is 49.3 Å². The minimum atomic E-state index is -4.01. The Balaban J connectivity index is 2.42. The Bertz CT molecular complexity index is 935. The first kappa shape index (κ1) is 29.5. The highest BCUT2D eigenvalue weighted by Crippen LogP contribution is 2.28. The number of carboxylic acids is 1. The molecule has 33 heavy (non-hydrogen) atoms. The minimum Gasteiger partial charge on any atom is -0.481 e. The molecule has 0 spiro atoms. The molecule has 0 aromatic rings. The summed E-state index contributed by atoms with van der Waals surface area (Å²) in [6.07, 6.45) is 10.0. The molecule has 12 heteroatoms. The second-order valence-corrected chi connectivity index (χ2v) is 12.7. The van der Waals surface area contributed by atoms with E-state index in [0.29, 0.717) is 25.9 Å². The summed E-state index contributed by atoms with van der Waals surface area (Å²) in [5.74, 6) is -0.410. The molecule has 188 valence electrons. The van der Waals surface area contributed by atoms with Crippen LogP contribution in [0.2, 0.25) is 0 Å². The molecule has 1 aliphatic rings. The zero-order chi connectivity index (χ0) is 24.7. The summed E-state index contributed by atoms with van der Waals surface area (Å²) in [5.41, 5.74) is 0. The van der Waals surface area contributed by atoms with Crippen molar-refractivity contribution in [3.63, 3.8) is 0 Å². The van der Waals surface area contributed by atoms with Gasteiger partial charge in [0, 0.05) is 25.3 Å². The number of nitrogens with zero attached hydrogens (tertiary/aromatic N) is 2. The molecule has 0 atom stereocenters. The predicted octanol–water partition coefficient (Wildman–Crippen LogP) is 3.57. The number of aliphatic carboxylic acids is 1. The Morgan fingerprint density at radius 2 is 1.61 bits per heavy atom. The van der Waals surface area contributed by atoms with Gasteiger partial charge in [-0.15, -0.1) is 11.8 Å². The van der Waals surface area contributed by atoms with Crippen LogP contribution in [0.5, 0.6) is 0 Å². The Morgan fingerprint density at radius 1 is 1.00 bits per heavy atom. The largest absolute Gasteiger partial charge is 0.481 e. The summed E-state index contributed by atoms with van der Waals surface area (Å²) in [7, 11) is -7.68. The topological polar surface area (TPSA) is 153 Å². The molecule has 1 saturated heterocycles. The number of carbonyl (C=O) groups is 1. The fourth-order valence-corrected chi connectivity index (χ4v) is 6.13. The highest BCUT2D eigenvalue weighted by atomic mass is 32.2. The maximum atomic E-state index is 12.5. The highest BCUT2D eigenvalue weighted by Gasteiger charge is 2.20. The molecule has 0 unspecified atom stereocenters. The van der Waals surface area contributed by atoms with E-state index in [4.69, 9.17) is 9.66 Å². The molecule has 0 saturated carbocycles. The first-order chi connectivity index (χ1) is 15.5. The minimum absolute atomic E-state index is 0.0839. The van der Waals surface area contributed by atoms with E-state index >= 15 is 0 Å². The van der Waals surface area contributed by atoms with E-state index in [1.807, 2.05) is 4.90 Å². The molecule has 0 bridgehead atoms. The number of thioether (sulfide) groups is 1. The van der Waals surface area contributed by atoms with Crippen LogP contribution in [0.4, 0.5) is 0 Å². The molecule has 2 N–H and O–H groups in total. The van der Waals surface area contributed by atoms with Crippen molar-refractivity contribution < 1.29 is 31.3 Å². The monoisotopic (exact) mass is 522 g/mol. The number of unbranched alkanes of at least 4 members (excludes halogenated alkanes) is 7. The third-order valence-electron chi connectivity index (χ3n) is 5.13. The summed E-state index contributed by atoms with van der Waals surface area (Å²) < 4.78 is 55.6. The normalized spacial score (nSPS) is 16.3. The fourth-order valence-electron chi connectivity index (χ4n) is 3.37. The smallest absolute Gasteiger partial charge is 0.303 e. The summed E-state index contributed by atoms with van der Waals surface area (Å²) in [5, 5.41) is 18.7. The van der Waals surface area contributed by atoms with E-state index in [2.05, 4.69) is 0 Å². The molecule has 0 aliphatic carbocycles. The number of rotatable bonds is 17. The van der Waals surface area contributed by atoms with Crippen LogP contribution in [0.25, 0.3) is 0 Å². The number of sulfone groups is 1. The van der Waals surface area contributed by atoms with Crippen LogP contribution in [-0.4, -0.2) is 67.7 Å². The van der Waals surface area contributed by atoms with E-state index in [1.54, 1.807) is 12.1 Å². The zero-order valence-corrected chi connectivity index (χ0v) is 21.3. The van der Waals surface area contributed by atoms with Crippen molar-refractivity contribution in [2.45, 2.75) is 64.2 Å². The van der Waals surface area contributed by atoms with Crippen LogP contribution in [0.1, 0.15) is 64.2 Å². The van der Waals surface area contributed by atoms with Gasteiger partial charge in [-0.05, 0) is 31.4 Å². The van der Waals surface area contributed by atoms with Crippen LogP contribution in [-0.2, 0) is 24.7 Å². The molecule has 9 nitrogen and oxygen atoms in total. The molecule has 1 fully saturated rings. The van der Waals surface area contributed by atoms with Gasteiger partial charge >= 0.3 is 5.97 Å². The summed E-state index contributed by atoms with van der Waals surface area (Å²) in [6, 6.07) is 1.78. The van der Waals surface area contributed by atoms with Crippen LogP contribution in [0, 0.1) is 11.3 Å². The van der Waals surface area contributed by atoms with Crippen LogP contribution < -0.4 is 0 Å². The molecule has 1 rings (SSSR count). The Morgan fingerprint density at radius 3 is 2.18 bits per heavy atom. The number of allylic oxidation sites excluding steroid dienone is 3. The lowest BCUT2D eigenvalue weighted by Gasteiger charge is -2.18. The SMILES string of the molecule is N#C/C(=C\C=C1\SCCN1CCCS(=O)(=O)O)S(=O)(=O)CCCCCCCCCCC(=O)O. The standard InChI is InChI=1S/C21H34N2O7S3/c22-18-19(11-12-20-23(14-15-31-20)13-9-17-33(28,29)30)32(26,27)16-8-6-4-2-1-3-5-7-10-21(24)25/h11-12H,1-10,13-17H2,(H,24,25)(H,28,29,30)/b19-11+,20-12+. The number of hydrogen-bond donors (Lipinski definition) is 2. The van der Waals surface area contributed by atoms with Crippen molar-refractivity contribution in [1.29, 1.82) is 5.26 Å². The predicted molar refractivity (Wildman–Crippen MR) is 130 cm³/mol. The van der Waals surface area contributed by atoms with Gasteiger partial charge in [0.1, 0.15) is 11.0 Å². The van der Waals surface area contributed by atoms with Gasteiger partial charge in [0.2, 0.25) is 0 Å². The number of carboxylic acid groups (broad SMARTS) is 1. The maximum Gasteiger partial charge on any atom is 0.303 e. The van der Waals surface area contributed by atoms with Gasteiger partial charge in [0.25, 0.3) is 10.1 Å². The molecule has 0 amide bonds. The zero-order valence-electron chi connectivity index (χ0n) is 18.8. The Labute approximate surface area is 201 Å². The van der Waals surface area contributed by atoms with Crippen molar-refractivity contribution in [3.05, 3.63) is 22.1 Å². The molecule has 1 heterocycles. The van der Waals surface area contributed by atoms with Gasteiger partial charge < -0.3 is 10.0 Å². The maximum absolute atomic E-state index is 12.5. The second kappa shape index (κ2) is 15.4. The molecule has 0 aromatic carbocycles. The quantitative estimate of drug-likeness (QED) is 0.165. The molecular formula is C21H34N2O7S3. The van der Waals surface area contributed by atoms with Crippen LogP contribution >= 0.6 is 11.8 Å². The summed E-state index contributed by atoms with van der Waals surface area (Å²) >= 11 is 1.50. The number of hydrogen-bond acceptors (Lipinski definition) is 8. The van der Waals surface area contributed by atoms with Gasteiger partial charge in [-0.1, -0.05) is 38.5 Å². The third kappa shape index (κ3) is 13.7. The first-order valence-electron chi connectivity index (χ1n) is 11.1. The Kier molecular flexibility index (Phi) is 13.7. The fraction of sp³-hybridized carbons (Fsp3) is 0.714.